The van der Waals surface area contributed by atoms with Gasteiger partial charge < -0.3 is 10.2 Å². The zero-order chi connectivity index (χ0) is 21.1. The molecule has 30 heavy (non-hydrogen) atoms. The van der Waals surface area contributed by atoms with Gasteiger partial charge >= 0.3 is 6.03 Å². The highest BCUT2D eigenvalue weighted by molar-refractivity contribution is 6.30. The molecule has 0 radical (unpaired) electrons. The molecule has 1 aromatic rings. The Morgan fingerprint density at radius 3 is 2.53 bits per heavy atom. The average Bonchev–Trinajstić information content (AvgIpc) is 3.29. The minimum atomic E-state index is -0.666. The van der Waals surface area contributed by atoms with Crippen molar-refractivity contribution in [2.45, 2.75) is 50.6 Å². The van der Waals surface area contributed by atoms with Gasteiger partial charge in [0.2, 0.25) is 5.91 Å². The van der Waals surface area contributed by atoms with Gasteiger partial charge in [0.1, 0.15) is 5.54 Å². The minimum Gasteiger partial charge on any atom is -0.340 e. The summed E-state index contributed by atoms with van der Waals surface area (Å²) in [4.78, 5) is 43.0. The SMILES string of the molecule is O=C(CCCN1C(=O)NC2(CCCC2)C1=O)N1CCN(Cc2cccc(Cl)c2)CC1. The highest BCUT2D eigenvalue weighted by atomic mass is 35.5. The lowest BCUT2D eigenvalue weighted by molar-refractivity contribution is -0.134. The number of hydrogen-bond donors (Lipinski definition) is 1. The standard InChI is InChI=1S/C22H29ClN4O3/c23-18-6-3-5-17(15-18)16-25-11-13-26(14-12-25)19(28)7-4-10-27-20(29)22(24-21(27)30)8-1-2-9-22/h3,5-6,15H,1-2,4,7-14,16H2,(H,24,30). The summed E-state index contributed by atoms with van der Waals surface area (Å²) in [5.41, 5.74) is 0.510. The van der Waals surface area contributed by atoms with E-state index in [1.807, 2.05) is 23.1 Å². The van der Waals surface area contributed by atoms with Crippen LogP contribution in [-0.4, -0.2) is 70.8 Å². The van der Waals surface area contributed by atoms with Crippen molar-refractivity contribution in [3.05, 3.63) is 34.9 Å². The summed E-state index contributed by atoms with van der Waals surface area (Å²) in [6, 6.07) is 7.56. The van der Waals surface area contributed by atoms with Crippen LogP contribution in [0, 0.1) is 0 Å². The first-order valence-corrected chi connectivity index (χ1v) is 11.2. The molecular formula is C22H29ClN4O3. The molecule has 0 bridgehead atoms. The van der Waals surface area contributed by atoms with Gasteiger partial charge in [0.15, 0.2) is 0 Å². The molecule has 1 aliphatic carbocycles. The first-order valence-electron chi connectivity index (χ1n) is 10.9. The van der Waals surface area contributed by atoms with E-state index in [-0.39, 0.29) is 17.8 Å². The van der Waals surface area contributed by atoms with Crippen LogP contribution in [-0.2, 0) is 16.1 Å². The monoisotopic (exact) mass is 432 g/mol. The van der Waals surface area contributed by atoms with Gasteiger partial charge in [-0.3, -0.25) is 19.4 Å². The van der Waals surface area contributed by atoms with Crippen molar-refractivity contribution in [2.75, 3.05) is 32.7 Å². The lowest BCUT2D eigenvalue weighted by atomic mass is 9.98. The number of piperazine rings is 1. The Hall–Kier alpha value is -2.12. The third-order valence-electron chi connectivity index (χ3n) is 6.50. The van der Waals surface area contributed by atoms with Crippen LogP contribution in [0.4, 0.5) is 4.79 Å². The van der Waals surface area contributed by atoms with Gasteiger partial charge in [-0.2, -0.15) is 0 Å². The molecule has 1 spiro atoms. The molecule has 162 valence electrons. The summed E-state index contributed by atoms with van der Waals surface area (Å²) in [6.45, 7) is 4.20. The Labute approximate surface area is 182 Å². The lowest BCUT2D eigenvalue weighted by Crippen LogP contribution is -2.48. The van der Waals surface area contributed by atoms with Crippen LogP contribution in [0.5, 0.6) is 0 Å². The summed E-state index contributed by atoms with van der Waals surface area (Å²) in [5, 5.41) is 3.63. The van der Waals surface area contributed by atoms with E-state index in [9.17, 15) is 14.4 Å². The molecule has 8 heteroatoms. The summed E-state index contributed by atoms with van der Waals surface area (Å²) in [6.07, 6.45) is 4.28. The predicted molar refractivity (Wildman–Crippen MR) is 114 cm³/mol. The minimum absolute atomic E-state index is 0.0973. The van der Waals surface area contributed by atoms with Crippen LogP contribution in [0.1, 0.15) is 44.1 Å². The van der Waals surface area contributed by atoms with Gasteiger partial charge in [-0.25, -0.2) is 4.79 Å². The molecule has 0 aromatic heterocycles. The van der Waals surface area contributed by atoms with E-state index < -0.39 is 5.54 Å². The number of urea groups is 1. The van der Waals surface area contributed by atoms with Crippen molar-refractivity contribution < 1.29 is 14.4 Å². The molecule has 2 heterocycles. The van der Waals surface area contributed by atoms with E-state index >= 15 is 0 Å². The van der Waals surface area contributed by atoms with Crippen molar-refractivity contribution >= 4 is 29.4 Å². The van der Waals surface area contributed by atoms with E-state index in [1.54, 1.807) is 0 Å². The molecule has 1 aromatic carbocycles. The van der Waals surface area contributed by atoms with E-state index in [0.717, 1.165) is 50.3 Å². The number of amides is 4. The second-order valence-electron chi connectivity index (χ2n) is 8.57. The van der Waals surface area contributed by atoms with Crippen molar-refractivity contribution in [1.29, 1.82) is 0 Å². The average molecular weight is 433 g/mol. The molecule has 4 amide bonds. The molecule has 1 N–H and O–H groups in total. The first-order chi connectivity index (χ1) is 14.5. The van der Waals surface area contributed by atoms with Crippen molar-refractivity contribution in [2.24, 2.45) is 0 Å². The number of hydrogen-bond acceptors (Lipinski definition) is 4. The number of benzene rings is 1. The number of rotatable bonds is 6. The second-order valence-corrected chi connectivity index (χ2v) is 9.00. The summed E-state index contributed by atoms with van der Waals surface area (Å²) < 4.78 is 0. The fraction of sp³-hybridized carbons (Fsp3) is 0.591. The van der Waals surface area contributed by atoms with Crippen molar-refractivity contribution in [3.8, 4) is 0 Å². The van der Waals surface area contributed by atoms with Gasteiger partial charge in [0.05, 0.1) is 0 Å². The van der Waals surface area contributed by atoms with E-state index in [1.165, 1.54) is 10.5 Å². The van der Waals surface area contributed by atoms with Crippen LogP contribution in [0.2, 0.25) is 5.02 Å². The Kier molecular flexibility index (Phi) is 6.29. The Bertz CT molecular complexity index is 816. The summed E-state index contributed by atoms with van der Waals surface area (Å²) >= 11 is 6.06. The Morgan fingerprint density at radius 2 is 1.83 bits per heavy atom. The highest BCUT2D eigenvalue weighted by Gasteiger charge is 2.52. The molecule has 3 fully saturated rings. The third-order valence-corrected chi connectivity index (χ3v) is 6.73. The zero-order valence-electron chi connectivity index (χ0n) is 17.2. The van der Waals surface area contributed by atoms with E-state index in [4.69, 9.17) is 11.6 Å². The van der Waals surface area contributed by atoms with Crippen LogP contribution in [0.3, 0.4) is 0 Å². The van der Waals surface area contributed by atoms with Gasteiger partial charge in [0.25, 0.3) is 5.91 Å². The highest BCUT2D eigenvalue weighted by Crippen LogP contribution is 2.35. The molecule has 2 aliphatic heterocycles. The maximum atomic E-state index is 12.7. The number of imide groups is 1. The van der Waals surface area contributed by atoms with Crippen molar-refractivity contribution in [1.82, 2.24) is 20.0 Å². The van der Waals surface area contributed by atoms with Gasteiger partial charge in [-0.05, 0) is 37.0 Å². The molecule has 4 rings (SSSR count). The largest absolute Gasteiger partial charge is 0.340 e. The van der Waals surface area contributed by atoms with Gasteiger partial charge in [-0.1, -0.05) is 36.6 Å². The smallest absolute Gasteiger partial charge is 0.325 e. The number of nitrogens with zero attached hydrogens (tertiary/aromatic N) is 3. The maximum absolute atomic E-state index is 12.7. The quantitative estimate of drug-likeness (QED) is 0.701. The van der Waals surface area contributed by atoms with Gasteiger partial charge in [-0.15, -0.1) is 0 Å². The molecular weight excluding hydrogens is 404 g/mol. The molecule has 7 nitrogen and oxygen atoms in total. The van der Waals surface area contributed by atoms with Crippen LogP contribution in [0.25, 0.3) is 0 Å². The number of carbonyl (C=O) groups is 3. The lowest BCUT2D eigenvalue weighted by Gasteiger charge is -2.35. The van der Waals surface area contributed by atoms with E-state index in [2.05, 4.69) is 16.3 Å². The third kappa shape index (κ3) is 4.47. The Morgan fingerprint density at radius 1 is 1.10 bits per heavy atom. The number of nitrogens with one attached hydrogen (secondary N) is 1. The number of halogens is 1. The molecule has 2 saturated heterocycles. The molecule has 0 atom stereocenters. The maximum Gasteiger partial charge on any atom is 0.325 e. The van der Waals surface area contributed by atoms with Gasteiger partial charge in [0, 0.05) is 50.7 Å². The summed E-state index contributed by atoms with van der Waals surface area (Å²) in [5.74, 6) is -0.00730. The molecule has 3 aliphatic rings. The summed E-state index contributed by atoms with van der Waals surface area (Å²) in [7, 11) is 0. The van der Waals surface area contributed by atoms with E-state index in [0.29, 0.717) is 32.5 Å². The number of carbonyl (C=O) groups excluding carboxylic acids is 3. The second kappa shape index (κ2) is 8.94. The zero-order valence-corrected chi connectivity index (χ0v) is 18.0. The van der Waals surface area contributed by atoms with Crippen LogP contribution in [0.15, 0.2) is 24.3 Å². The van der Waals surface area contributed by atoms with Crippen LogP contribution >= 0.6 is 11.6 Å². The Balaban J connectivity index is 1.19. The predicted octanol–water partition coefficient (Wildman–Crippen LogP) is 2.63. The van der Waals surface area contributed by atoms with Crippen LogP contribution < -0.4 is 5.32 Å². The van der Waals surface area contributed by atoms with Crippen molar-refractivity contribution in [3.63, 3.8) is 0 Å². The fourth-order valence-corrected chi connectivity index (χ4v) is 5.01. The topological polar surface area (TPSA) is 73.0 Å². The fourth-order valence-electron chi connectivity index (χ4n) is 4.79. The molecule has 0 unspecified atom stereocenters. The molecule has 1 saturated carbocycles. The first kappa shape index (κ1) is 21.1. The normalized spacial score (nSPS) is 21.5.